The van der Waals surface area contributed by atoms with E-state index in [2.05, 4.69) is 15.3 Å². The molecule has 0 saturated heterocycles. The molecule has 0 radical (unpaired) electrons. The van der Waals surface area contributed by atoms with E-state index in [0.29, 0.717) is 12.2 Å². The minimum atomic E-state index is -0.241. The summed E-state index contributed by atoms with van der Waals surface area (Å²) in [5, 5.41) is 3.25. The van der Waals surface area contributed by atoms with Gasteiger partial charge in [0.1, 0.15) is 17.2 Å². The molecule has 0 amide bonds. The molecule has 100 valence electrons. The molecular formula is C14H13N5O. The molecule has 0 bridgehead atoms. The van der Waals surface area contributed by atoms with Crippen LogP contribution in [0.1, 0.15) is 0 Å². The topological polar surface area (TPSA) is 64.7 Å². The average molecular weight is 267 g/mol. The van der Waals surface area contributed by atoms with E-state index in [1.807, 2.05) is 41.9 Å². The monoisotopic (exact) mass is 267 g/mol. The summed E-state index contributed by atoms with van der Waals surface area (Å²) in [7, 11) is 1.95. The molecule has 0 aliphatic carbocycles. The van der Waals surface area contributed by atoms with Crippen molar-refractivity contribution in [2.45, 2.75) is 6.54 Å². The number of rotatable bonds is 1. The highest BCUT2D eigenvalue weighted by Crippen LogP contribution is 2.27. The molecule has 1 aliphatic heterocycles. The van der Waals surface area contributed by atoms with Crippen LogP contribution >= 0.6 is 0 Å². The van der Waals surface area contributed by atoms with Gasteiger partial charge in [0.15, 0.2) is 5.65 Å². The van der Waals surface area contributed by atoms with Crippen LogP contribution in [0, 0.1) is 0 Å². The van der Waals surface area contributed by atoms with E-state index in [1.165, 1.54) is 0 Å². The van der Waals surface area contributed by atoms with Crippen molar-refractivity contribution < 1.29 is 0 Å². The first kappa shape index (κ1) is 11.2. The normalized spacial score (nSPS) is 13.4. The zero-order valence-corrected chi connectivity index (χ0v) is 11.0. The quantitative estimate of drug-likeness (QED) is 0.720. The molecule has 0 spiro atoms. The number of hydrogen-bond acceptors (Lipinski definition) is 4. The van der Waals surface area contributed by atoms with E-state index in [1.54, 1.807) is 4.57 Å². The lowest BCUT2D eigenvalue weighted by Gasteiger charge is -2.05. The van der Waals surface area contributed by atoms with Crippen LogP contribution < -0.4 is 11.0 Å². The summed E-state index contributed by atoms with van der Waals surface area (Å²) >= 11 is 0. The number of imidazole rings is 1. The molecule has 0 fully saturated rings. The van der Waals surface area contributed by atoms with Crippen LogP contribution in [0.15, 0.2) is 35.1 Å². The maximum absolute atomic E-state index is 11.9. The average Bonchev–Trinajstić information content (AvgIpc) is 3.05. The van der Waals surface area contributed by atoms with Crippen LogP contribution in [-0.4, -0.2) is 25.6 Å². The number of nitrogens with zero attached hydrogens (tertiary/aromatic N) is 4. The van der Waals surface area contributed by atoms with Crippen molar-refractivity contribution in [3.05, 3.63) is 40.8 Å². The molecule has 4 rings (SSSR count). The smallest absolute Gasteiger partial charge is 0.351 e. The lowest BCUT2D eigenvalue weighted by atomic mass is 10.2. The van der Waals surface area contributed by atoms with E-state index in [9.17, 15) is 4.79 Å². The predicted molar refractivity (Wildman–Crippen MR) is 76.7 cm³/mol. The summed E-state index contributed by atoms with van der Waals surface area (Å²) in [4.78, 5) is 20.6. The highest BCUT2D eigenvalue weighted by atomic mass is 16.1. The fourth-order valence-electron chi connectivity index (χ4n) is 2.72. The van der Waals surface area contributed by atoms with Crippen LogP contribution in [-0.2, 0) is 13.6 Å². The summed E-state index contributed by atoms with van der Waals surface area (Å²) < 4.78 is 3.65. The van der Waals surface area contributed by atoms with E-state index < -0.39 is 0 Å². The lowest BCUT2D eigenvalue weighted by molar-refractivity contribution is 0.747. The molecule has 20 heavy (non-hydrogen) atoms. The van der Waals surface area contributed by atoms with Crippen molar-refractivity contribution in [2.75, 3.05) is 11.9 Å². The van der Waals surface area contributed by atoms with Crippen LogP contribution in [0.2, 0.25) is 0 Å². The minimum absolute atomic E-state index is 0.241. The summed E-state index contributed by atoms with van der Waals surface area (Å²) in [6, 6.07) is 9.91. The number of aromatic nitrogens is 4. The summed E-state index contributed by atoms with van der Waals surface area (Å²) in [5.74, 6) is 1.63. The number of nitrogens with one attached hydrogen (secondary N) is 1. The number of aryl methyl sites for hydroxylation is 1. The standard InChI is InChI=1S/C14H13N5O/c1-18-10-11(16-12(18)9-5-3-2-4-6-9)17-14(20)19-8-7-15-13(10)19/h2-6,15H,7-8H2,1H3. The molecule has 3 heterocycles. The highest BCUT2D eigenvalue weighted by molar-refractivity contribution is 5.87. The predicted octanol–water partition coefficient (Wildman–Crippen LogP) is 1.22. The Bertz CT molecular complexity index is 863. The molecular weight excluding hydrogens is 254 g/mol. The highest BCUT2D eigenvalue weighted by Gasteiger charge is 2.21. The SMILES string of the molecule is Cn1c(-c2ccccc2)nc2nc(=O)n3c(c21)NCC3. The number of benzene rings is 1. The van der Waals surface area contributed by atoms with Gasteiger partial charge in [-0.2, -0.15) is 4.98 Å². The first-order chi connectivity index (χ1) is 9.75. The Morgan fingerprint density at radius 1 is 1.20 bits per heavy atom. The van der Waals surface area contributed by atoms with Gasteiger partial charge in [-0.15, -0.1) is 0 Å². The first-order valence-corrected chi connectivity index (χ1v) is 6.52. The Morgan fingerprint density at radius 2 is 2.00 bits per heavy atom. The number of hydrogen-bond donors (Lipinski definition) is 1. The fraction of sp³-hybridized carbons (Fsp3) is 0.214. The van der Waals surface area contributed by atoms with E-state index in [4.69, 9.17) is 0 Å². The maximum Gasteiger partial charge on any atom is 0.351 e. The van der Waals surface area contributed by atoms with Crippen molar-refractivity contribution in [1.29, 1.82) is 0 Å². The van der Waals surface area contributed by atoms with Crippen molar-refractivity contribution in [2.24, 2.45) is 7.05 Å². The van der Waals surface area contributed by atoms with Gasteiger partial charge >= 0.3 is 5.69 Å². The van der Waals surface area contributed by atoms with Gasteiger partial charge in [0.25, 0.3) is 0 Å². The summed E-state index contributed by atoms with van der Waals surface area (Å²) in [6.45, 7) is 1.41. The number of anilines is 1. The molecule has 6 heteroatoms. The van der Waals surface area contributed by atoms with Crippen molar-refractivity contribution in [3.8, 4) is 11.4 Å². The summed E-state index contributed by atoms with van der Waals surface area (Å²) in [5.41, 5.74) is 2.14. The Morgan fingerprint density at radius 3 is 2.80 bits per heavy atom. The van der Waals surface area contributed by atoms with Gasteiger partial charge in [-0.25, -0.2) is 9.78 Å². The largest absolute Gasteiger partial charge is 0.368 e. The van der Waals surface area contributed by atoms with E-state index in [0.717, 1.165) is 29.3 Å². The second-order valence-corrected chi connectivity index (χ2v) is 4.85. The van der Waals surface area contributed by atoms with E-state index >= 15 is 0 Å². The Kier molecular flexibility index (Phi) is 2.20. The first-order valence-electron chi connectivity index (χ1n) is 6.52. The van der Waals surface area contributed by atoms with Crippen LogP contribution in [0.25, 0.3) is 22.6 Å². The van der Waals surface area contributed by atoms with Gasteiger partial charge < -0.3 is 9.88 Å². The number of fused-ring (bicyclic) bond motifs is 3. The van der Waals surface area contributed by atoms with E-state index in [-0.39, 0.29) is 5.69 Å². The van der Waals surface area contributed by atoms with Gasteiger partial charge in [-0.1, -0.05) is 30.3 Å². The second kappa shape index (κ2) is 3.93. The molecule has 0 unspecified atom stereocenters. The molecule has 1 aliphatic rings. The second-order valence-electron chi connectivity index (χ2n) is 4.85. The lowest BCUT2D eigenvalue weighted by Crippen LogP contribution is -2.21. The van der Waals surface area contributed by atoms with Crippen molar-refractivity contribution >= 4 is 17.0 Å². The Hall–Kier alpha value is -2.63. The third-order valence-electron chi connectivity index (χ3n) is 3.66. The van der Waals surface area contributed by atoms with Gasteiger partial charge in [0.2, 0.25) is 0 Å². The molecule has 2 aromatic heterocycles. The fourth-order valence-corrected chi connectivity index (χ4v) is 2.72. The third kappa shape index (κ3) is 1.41. The molecule has 3 aromatic rings. The molecule has 0 atom stereocenters. The molecule has 6 nitrogen and oxygen atoms in total. The molecule has 0 saturated carbocycles. The minimum Gasteiger partial charge on any atom is -0.368 e. The van der Waals surface area contributed by atoms with Gasteiger partial charge in [0.05, 0.1) is 0 Å². The maximum atomic E-state index is 11.9. The van der Waals surface area contributed by atoms with Crippen LogP contribution in [0.3, 0.4) is 0 Å². The van der Waals surface area contributed by atoms with Gasteiger partial charge in [-0.3, -0.25) is 4.57 Å². The van der Waals surface area contributed by atoms with Crippen molar-refractivity contribution in [1.82, 2.24) is 19.1 Å². The summed E-state index contributed by atoms with van der Waals surface area (Å²) in [6.07, 6.45) is 0. The molecule has 1 N–H and O–H groups in total. The van der Waals surface area contributed by atoms with Gasteiger partial charge in [-0.05, 0) is 0 Å². The van der Waals surface area contributed by atoms with Gasteiger partial charge in [0, 0.05) is 25.7 Å². The van der Waals surface area contributed by atoms with Crippen LogP contribution in [0.4, 0.5) is 5.82 Å². The third-order valence-corrected chi connectivity index (χ3v) is 3.66. The van der Waals surface area contributed by atoms with Crippen molar-refractivity contribution in [3.63, 3.8) is 0 Å². The zero-order chi connectivity index (χ0) is 13.7. The molecule has 1 aromatic carbocycles. The Labute approximate surface area is 114 Å². The van der Waals surface area contributed by atoms with Crippen LogP contribution in [0.5, 0.6) is 0 Å². The zero-order valence-electron chi connectivity index (χ0n) is 11.0. The Balaban J connectivity index is 2.08.